The molecule has 0 aliphatic carbocycles. The van der Waals surface area contributed by atoms with E-state index in [1.165, 1.54) is 4.31 Å². The SMILES string of the molecule is CCS(=O)(=O)N1CC(CNc2nc3ccccc3o2)C1. The van der Waals surface area contributed by atoms with Gasteiger partial charge in [-0.2, -0.15) is 4.98 Å². The summed E-state index contributed by atoms with van der Waals surface area (Å²) in [6.07, 6.45) is 0. The van der Waals surface area contributed by atoms with Crippen molar-refractivity contribution >= 4 is 27.1 Å². The molecule has 1 N–H and O–H groups in total. The first-order valence-electron chi connectivity index (χ1n) is 6.66. The highest BCUT2D eigenvalue weighted by Crippen LogP contribution is 2.22. The monoisotopic (exact) mass is 295 g/mol. The van der Waals surface area contributed by atoms with Crippen LogP contribution in [0.1, 0.15) is 6.92 Å². The number of benzene rings is 1. The summed E-state index contributed by atoms with van der Waals surface area (Å²) in [6.45, 7) is 3.48. The van der Waals surface area contributed by atoms with E-state index in [0.717, 1.165) is 11.1 Å². The maximum Gasteiger partial charge on any atom is 0.295 e. The van der Waals surface area contributed by atoms with E-state index in [2.05, 4.69) is 10.3 Å². The molecular formula is C13H17N3O3S. The van der Waals surface area contributed by atoms with Gasteiger partial charge in [0.25, 0.3) is 6.01 Å². The number of hydrogen-bond donors (Lipinski definition) is 1. The number of fused-ring (bicyclic) bond motifs is 1. The maximum absolute atomic E-state index is 11.6. The van der Waals surface area contributed by atoms with Crippen molar-refractivity contribution < 1.29 is 12.8 Å². The average molecular weight is 295 g/mol. The van der Waals surface area contributed by atoms with E-state index >= 15 is 0 Å². The number of oxazole rings is 1. The van der Waals surface area contributed by atoms with Gasteiger partial charge in [0, 0.05) is 25.6 Å². The lowest BCUT2D eigenvalue weighted by Gasteiger charge is -2.37. The van der Waals surface area contributed by atoms with E-state index in [-0.39, 0.29) is 5.75 Å². The summed E-state index contributed by atoms with van der Waals surface area (Å²) in [4.78, 5) is 4.32. The van der Waals surface area contributed by atoms with Gasteiger partial charge in [-0.1, -0.05) is 12.1 Å². The Bertz CT molecular complexity index is 671. The maximum atomic E-state index is 11.6. The third-order valence-corrected chi connectivity index (χ3v) is 5.33. The van der Waals surface area contributed by atoms with Crippen molar-refractivity contribution in [3.8, 4) is 0 Å². The Labute approximate surface area is 117 Å². The van der Waals surface area contributed by atoms with Crippen LogP contribution >= 0.6 is 0 Å². The van der Waals surface area contributed by atoms with E-state index in [4.69, 9.17) is 4.42 Å². The molecule has 2 aromatic rings. The van der Waals surface area contributed by atoms with Crippen molar-refractivity contribution in [2.24, 2.45) is 5.92 Å². The highest BCUT2D eigenvalue weighted by atomic mass is 32.2. The van der Waals surface area contributed by atoms with Gasteiger partial charge in [0.15, 0.2) is 5.58 Å². The van der Waals surface area contributed by atoms with Gasteiger partial charge < -0.3 is 9.73 Å². The van der Waals surface area contributed by atoms with Gasteiger partial charge in [-0.3, -0.25) is 0 Å². The number of nitrogens with zero attached hydrogens (tertiary/aromatic N) is 2. The molecular weight excluding hydrogens is 278 g/mol. The molecule has 20 heavy (non-hydrogen) atoms. The fourth-order valence-corrected chi connectivity index (χ4v) is 3.48. The van der Waals surface area contributed by atoms with Crippen LogP contribution in [0, 0.1) is 5.92 Å². The smallest absolute Gasteiger partial charge is 0.295 e. The molecule has 3 rings (SSSR count). The molecule has 1 aromatic carbocycles. The lowest BCUT2D eigenvalue weighted by Crippen LogP contribution is -2.52. The summed E-state index contributed by atoms with van der Waals surface area (Å²) < 4.78 is 30.3. The quantitative estimate of drug-likeness (QED) is 0.905. The number of para-hydroxylation sites is 2. The molecule has 0 saturated carbocycles. The second-order valence-electron chi connectivity index (χ2n) is 4.95. The third-order valence-electron chi connectivity index (χ3n) is 3.52. The minimum Gasteiger partial charge on any atom is -0.424 e. The van der Waals surface area contributed by atoms with Crippen molar-refractivity contribution in [3.63, 3.8) is 0 Å². The van der Waals surface area contributed by atoms with Gasteiger partial charge in [-0.15, -0.1) is 0 Å². The fraction of sp³-hybridized carbons (Fsp3) is 0.462. The van der Waals surface area contributed by atoms with Crippen LogP contribution in [0.15, 0.2) is 28.7 Å². The minimum absolute atomic E-state index is 0.165. The number of hydrogen-bond acceptors (Lipinski definition) is 5. The van der Waals surface area contributed by atoms with Gasteiger partial charge in [0.2, 0.25) is 10.0 Å². The Morgan fingerprint density at radius 2 is 2.15 bits per heavy atom. The molecule has 1 aliphatic heterocycles. The van der Waals surface area contributed by atoms with Crippen LogP contribution in [0.3, 0.4) is 0 Å². The molecule has 0 radical (unpaired) electrons. The molecule has 1 saturated heterocycles. The zero-order valence-electron chi connectivity index (χ0n) is 11.2. The van der Waals surface area contributed by atoms with Gasteiger partial charge in [0.05, 0.1) is 5.75 Å². The second-order valence-corrected chi connectivity index (χ2v) is 7.21. The topological polar surface area (TPSA) is 75.4 Å². The predicted molar refractivity (Wildman–Crippen MR) is 77.0 cm³/mol. The van der Waals surface area contributed by atoms with Crippen molar-refractivity contribution in [2.45, 2.75) is 6.92 Å². The summed E-state index contributed by atoms with van der Waals surface area (Å²) in [5, 5.41) is 3.13. The first-order chi connectivity index (χ1) is 9.58. The summed E-state index contributed by atoms with van der Waals surface area (Å²) in [6, 6.07) is 8.06. The van der Waals surface area contributed by atoms with Crippen LogP contribution in [0.25, 0.3) is 11.1 Å². The van der Waals surface area contributed by atoms with Gasteiger partial charge >= 0.3 is 0 Å². The Hall–Kier alpha value is -1.60. The van der Waals surface area contributed by atoms with Crippen LogP contribution < -0.4 is 5.32 Å². The molecule has 1 aliphatic rings. The van der Waals surface area contributed by atoms with Crippen LogP contribution in [0.2, 0.25) is 0 Å². The molecule has 6 nitrogen and oxygen atoms in total. The van der Waals surface area contributed by atoms with E-state index < -0.39 is 10.0 Å². The van der Waals surface area contributed by atoms with Crippen LogP contribution in [-0.4, -0.2) is 43.1 Å². The first kappa shape index (κ1) is 13.4. The largest absolute Gasteiger partial charge is 0.424 e. The molecule has 0 spiro atoms. The molecule has 1 fully saturated rings. The molecule has 0 unspecified atom stereocenters. The van der Waals surface area contributed by atoms with Crippen molar-refractivity contribution in [1.29, 1.82) is 0 Å². The molecule has 0 atom stereocenters. The number of nitrogens with one attached hydrogen (secondary N) is 1. The van der Waals surface area contributed by atoms with Crippen LogP contribution in [0.4, 0.5) is 6.01 Å². The Balaban J connectivity index is 1.54. The zero-order valence-corrected chi connectivity index (χ0v) is 12.1. The number of anilines is 1. The number of sulfonamides is 1. The van der Waals surface area contributed by atoms with E-state index in [0.29, 0.717) is 31.6 Å². The molecule has 0 amide bonds. The average Bonchev–Trinajstić information content (AvgIpc) is 2.79. The van der Waals surface area contributed by atoms with Gasteiger partial charge in [0.1, 0.15) is 5.52 Å². The van der Waals surface area contributed by atoms with E-state index in [1.54, 1.807) is 6.92 Å². The lowest BCUT2D eigenvalue weighted by molar-refractivity contribution is 0.211. The van der Waals surface area contributed by atoms with Crippen molar-refractivity contribution in [2.75, 3.05) is 30.7 Å². The predicted octanol–water partition coefficient (Wildman–Crippen LogP) is 1.52. The van der Waals surface area contributed by atoms with E-state index in [1.807, 2.05) is 24.3 Å². The highest BCUT2D eigenvalue weighted by molar-refractivity contribution is 7.89. The Morgan fingerprint density at radius 1 is 1.40 bits per heavy atom. The van der Waals surface area contributed by atoms with Crippen molar-refractivity contribution in [3.05, 3.63) is 24.3 Å². The highest BCUT2D eigenvalue weighted by Gasteiger charge is 2.34. The first-order valence-corrected chi connectivity index (χ1v) is 8.26. The standard InChI is InChI=1S/C13H17N3O3S/c1-2-20(17,18)16-8-10(9-16)7-14-13-15-11-5-3-4-6-12(11)19-13/h3-6,10H,2,7-9H2,1H3,(H,14,15). The molecule has 108 valence electrons. The van der Waals surface area contributed by atoms with Crippen molar-refractivity contribution in [1.82, 2.24) is 9.29 Å². The summed E-state index contributed by atoms with van der Waals surface area (Å²) in [7, 11) is -3.03. The molecule has 7 heteroatoms. The molecule has 2 heterocycles. The summed E-state index contributed by atoms with van der Waals surface area (Å²) >= 11 is 0. The summed E-state index contributed by atoms with van der Waals surface area (Å²) in [5.74, 6) is 0.476. The lowest BCUT2D eigenvalue weighted by atomic mass is 10.0. The summed E-state index contributed by atoms with van der Waals surface area (Å²) in [5.41, 5.74) is 1.57. The Kier molecular flexibility index (Phi) is 3.39. The third kappa shape index (κ3) is 2.51. The normalized spacial score (nSPS) is 17.2. The van der Waals surface area contributed by atoms with Gasteiger partial charge in [-0.05, 0) is 19.1 Å². The zero-order chi connectivity index (χ0) is 14.2. The fourth-order valence-electron chi connectivity index (χ4n) is 2.24. The van der Waals surface area contributed by atoms with Crippen LogP contribution in [-0.2, 0) is 10.0 Å². The second kappa shape index (κ2) is 5.06. The number of aromatic nitrogens is 1. The van der Waals surface area contributed by atoms with E-state index in [9.17, 15) is 8.42 Å². The Morgan fingerprint density at radius 3 is 2.85 bits per heavy atom. The van der Waals surface area contributed by atoms with Crippen LogP contribution in [0.5, 0.6) is 0 Å². The minimum atomic E-state index is -3.03. The van der Waals surface area contributed by atoms with Gasteiger partial charge in [-0.25, -0.2) is 12.7 Å². The molecule has 0 bridgehead atoms. The molecule has 1 aromatic heterocycles. The number of rotatable bonds is 5.